The quantitative estimate of drug-likeness (QED) is 0.641. The molecule has 4 nitrogen and oxygen atoms in total. The molecule has 2 aromatic rings. The van der Waals surface area contributed by atoms with Crippen molar-refractivity contribution >= 4 is 11.0 Å². The third-order valence-corrected chi connectivity index (χ3v) is 1.72. The number of fused-ring (bicyclic) bond motifs is 1. The Morgan fingerprint density at radius 2 is 2.33 bits per heavy atom. The molecule has 2 aromatic heterocycles. The van der Waals surface area contributed by atoms with Gasteiger partial charge in [0.05, 0.1) is 24.4 Å². The minimum atomic E-state index is 0.578. The monoisotopic (exact) mass is 164 g/mol. The molecule has 0 saturated carbocycles. The number of pyridine rings is 1. The molecule has 62 valence electrons. The average molecular weight is 164 g/mol. The highest BCUT2D eigenvalue weighted by Gasteiger charge is 2.05. The van der Waals surface area contributed by atoms with Gasteiger partial charge in [0.2, 0.25) is 5.88 Å². The summed E-state index contributed by atoms with van der Waals surface area (Å²) in [4.78, 5) is 3.98. The molecule has 0 bridgehead atoms. The largest absolute Gasteiger partial charge is 0.481 e. The van der Waals surface area contributed by atoms with Gasteiger partial charge in [-0.2, -0.15) is 0 Å². The van der Waals surface area contributed by atoms with Gasteiger partial charge in [-0.3, -0.25) is 0 Å². The minimum absolute atomic E-state index is 0.578. The van der Waals surface area contributed by atoms with E-state index in [2.05, 4.69) is 10.1 Å². The lowest BCUT2D eigenvalue weighted by molar-refractivity contribution is 0.397. The summed E-state index contributed by atoms with van der Waals surface area (Å²) in [5.74, 6) is 0.578. The Labute approximate surface area is 69.1 Å². The molecule has 0 N–H and O–H groups in total. The molecular weight excluding hydrogens is 156 g/mol. The lowest BCUT2D eigenvalue weighted by atomic mass is 10.3. The molecule has 0 aliphatic carbocycles. The van der Waals surface area contributed by atoms with Crippen molar-refractivity contribution < 1.29 is 9.26 Å². The molecule has 0 amide bonds. The lowest BCUT2D eigenvalue weighted by Crippen LogP contribution is -1.85. The van der Waals surface area contributed by atoms with Crippen LogP contribution >= 0.6 is 0 Å². The summed E-state index contributed by atoms with van der Waals surface area (Å²) in [5.41, 5.74) is 1.54. The van der Waals surface area contributed by atoms with Gasteiger partial charge in [-0.1, -0.05) is 5.16 Å². The van der Waals surface area contributed by atoms with E-state index < -0.39 is 0 Å². The van der Waals surface area contributed by atoms with Crippen molar-refractivity contribution in [1.82, 2.24) is 10.1 Å². The smallest absolute Gasteiger partial charge is 0.213 e. The molecule has 0 fully saturated rings. The van der Waals surface area contributed by atoms with E-state index in [9.17, 15) is 0 Å². The maximum Gasteiger partial charge on any atom is 0.213 e. The maximum absolute atomic E-state index is 4.98. The van der Waals surface area contributed by atoms with E-state index in [1.54, 1.807) is 19.4 Å². The fourth-order valence-corrected chi connectivity index (χ4v) is 1.06. The van der Waals surface area contributed by atoms with Crippen LogP contribution in [0.2, 0.25) is 0 Å². The number of rotatable bonds is 1. The average Bonchev–Trinajstić information content (AvgIpc) is 2.47. The highest BCUT2D eigenvalue weighted by atomic mass is 16.5. The van der Waals surface area contributed by atoms with E-state index in [1.807, 2.05) is 6.92 Å². The Bertz CT molecular complexity index is 408. The normalized spacial score (nSPS) is 10.5. The zero-order valence-corrected chi connectivity index (χ0v) is 6.87. The number of aromatic nitrogens is 2. The van der Waals surface area contributed by atoms with Crippen LogP contribution in [0.4, 0.5) is 0 Å². The second-order valence-corrected chi connectivity index (χ2v) is 2.49. The van der Waals surface area contributed by atoms with Crippen molar-refractivity contribution in [3.05, 3.63) is 18.0 Å². The first kappa shape index (κ1) is 7.09. The van der Waals surface area contributed by atoms with Crippen molar-refractivity contribution in [3.8, 4) is 5.88 Å². The summed E-state index contributed by atoms with van der Waals surface area (Å²) >= 11 is 0. The highest BCUT2D eigenvalue weighted by molar-refractivity contribution is 5.79. The molecule has 0 radical (unpaired) electrons. The number of methoxy groups -OCH3 is 1. The first-order valence-corrected chi connectivity index (χ1v) is 3.57. The fraction of sp³-hybridized carbons (Fsp3) is 0.250. The second-order valence-electron chi connectivity index (χ2n) is 2.49. The van der Waals surface area contributed by atoms with E-state index in [4.69, 9.17) is 9.26 Å². The molecule has 4 heteroatoms. The molecule has 0 saturated heterocycles. The third-order valence-electron chi connectivity index (χ3n) is 1.72. The van der Waals surface area contributed by atoms with E-state index in [0.29, 0.717) is 11.5 Å². The summed E-state index contributed by atoms with van der Waals surface area (Å²) in [6, 6.07) is 1.81. The SMILES string of the molecule is COc1cc2c(C)noc2cn1. The number of nitrogens with zero attached hydrogens (tertiary/aromatic N) is 2. The van der Waals surface area contributed by atoms with Crippen LogP contribution in [0.5, 0.6) is 5.88 Å². The van der Waals surface area contributed by atoms with Crippen LogP contribution in [0.15, 0.2) is 16.8 Å². The molecule has 0 unspecified atom stereocenters. The molecular formula is C8H8N2O2. The predicted octanol–water partition coefficient (Wildman–Crippen LogP) is 1.54. The Kier molecular flexibility index (Phi) is 1.46. The topological polar surface area (TPSA) is 48.2 Å². The molecule has 2 rings (SSSR count). The zero-order valence-electron chi connectivity index (χ0n) is 6.87. The van der Waals surface area contributed by atoms with Crippen molar-refractivity contribution in [2.24, 2.45) is 0 Å². The van der Waals surface area contributed by atoms with Gasteiger partial charge in [0.1, 0.15) is 0 Å². The van der Waals surface area contributed by atoms with Gasteiger partial charge < -0.3 is 9.26 Å². The van der Waals surface area contributed by atoms with Gasteiger partial charge in [0.15, 0.2) is 5.58 Å². The van der Waals surface area contributed by atoms with Crippen LogP contribution in [-0.2, 0) is 0 Å². The van der Waals surface area contributed by atoms with E-state index >= 15 is 0 Å². The van der Waals surface area contributed by atoms with Crippen molar-refractivity contribution in [2.45, 2.75) is 6.92 Å². The van der Waals surface area contributed by atoms with Gasteiger partial charge in [0.25, 0.3) is 0 Å². The standard InChI is InChI=1S/C8H8N2O2/c1-5-6-3-8(11-2)9-4-7(6)12-10-5/h3-4H,1-2H3. The molecule has 0 atom stereocenters. The van der Waals surface area contributed by atoms with Gasteiger partial charge in [-0.05, 0) is 6.92 Å². The summed E-state index contributed by atoms with van der Waals surface area (Å²) in [7, 11) is 1.58. The molecule has 0 spiro atoms. The van der Waals surface area contributed by atoms with Crippen LogP contribution in [0.3, 0.4) is 0 Å². The van der Waals surface area contributed by atoms with Crippen molar-refractivity contribution in [1.29, 1.82) is 0 Å². The predicted molar refractivity (Wildman–Crippen MR) is 43.1 cm³/mol. The highest BCUT2D eigenvalue weighted by Crippen LogP contribution is 2.20. The first-order valence-electron chi connectivity index (χ1n) is 3.57. The minimum Gasteiger partial charge on any atom is -0.481 e. The van der Waals surface area contributed by atoms with Gasteiger partial charge in [-0.15, -0.1) is 0 Å². The molecule has 0 aliphatic heterocycles. The van der Waals surface area contributed by atoms with Crippen LogP contribution in [0.1, 0.15) is 5.69 Å². The first-order chi connectivity index (χ1) is 5.81. The third kappa shape index (κ3) is 0.922. The van der Waals surface area contributed by atoms with Crippen LogP contribution in [0, 0.1) is 6.92 Å². The van der Waals surface area contributed by atoms with E-state index in [0.717, 1.165) is 11.1 Å². The summed E-state index contributed by atoms with van der Waals surface area (Å²) < 4.78 is 9.95. The van der Waals surface area contributed by atoms with Gasteiger partial charge in [0, 0.05) is 6.07 Å². The lowest BCUT2D eigenvalue weighted by Gasteiger charge is -1.95. The van der Waals surface area contributed by atoms with Crippen LogP contribution in [-0.4, -0.2) is 17.3 Å². The Morgan fingerprint density at radius 3 is 3.08 bits per heavy atom. The Balaban J connectivity index is 2.71. The number of ether oxygens (including phenoxy) is 1. The summed E-state index contributed by atoms with van der Waals surface area (Å²) in [6.07, 6.45) is 1.61. The molecule has 0 aliphatic rings. The number of hydrogen-bond donors (Lipinski definition) is 0. The fourth-order valence-electron chi connectivity index (χ4n) is 1.06. The van der Waals surface area contributed by atoms with Crippen molar-refractivity contribution in [3.63, 3.8) is 0 Å². The van der Waals surface area contributed by atoms with Gasteiger partial charge in [-0.25, -0.2) is 4.98 Å². The molecule has 0 aromatic carbocycles. The van der Waals surface area contributed by atoms with Crippen LogP contribution in [0.25, 0.3) is 11.0 Å². The Hall–Kier alpha value is -1.58. The molecule has 2 heterocycles. The zero-order chi connectivity index (χ0) is 8.55. The number of aryl methyl sites for hydroxylation is 1. The number of hydrogen-bond acceptors (Lipinski definition) is 4. The van der Waals surface area contributed by atoms with Crippen LogP contribution < -0.4 is 4.74 Å². The van der Waals surface area contributed by atoms with Crippen molar-refractivity contribution in [2.75, 3.05) is 7.11 Å². The molecule has 12 heavy (non-hydrogen) atoms. The van der Waals surface area contributed by atoms with E-state index in [-0.39, 0.29) is 0 Å². The maximum atomic E-state index is 4.98. The Morgan fingerprint density at radius 1 is 1.50 bits per heavy atom. The second kappa shape index (κ2) is 2.48. The summed E-state index contributed by atoms with van der Waals surface area (Å²) in [6.45, 7) is 1.88. The summed E-state index contributed by atoms with van der Waals surface area (Å²) in [5, 5.41) is 4.75. The van der Waals surface area contributed by atoms with E-state index in [1.165, 1.54) is 0 Å². The van der Waals surface area contributed by atoms with Gasteiger partial charge >= 0.3 is 0 Å².